The van der Waals surface area contributed by atoms with Crippen LogP contribution in [-0.2, 0) is 13.5 Å². The first-order valence-corrected chi connectivity index (χ1v) is 6.86. The van der Waals surface area contributed by atoms with Crippen LogP contribution in [0, 0.1) is 6.92 Å². The van der Waals surface area contributed by atoms with Crippen molar-refractivity contribution >= 4 is 23.4 Å². The van der Waals surface area contributed by atoms with E-state index in [9.17, 15) is 5.11 Å². The zero-order chi connectivity index (χ0) is 11.9. The Morgan fingerprint density at radius 3 is 2.81 bits per heavy atom. The molecule has 0 bridgehead atoms. The molecule has 0 saturated carbocycles. The third-order valence-electron chi connectivity index (χ3n) is 3.06. The summed E-state index contributed by atoms with van der Waals surface area (Å²) in [7, 11) is 1.88. The summed E-state index contributed by atoms with van der Waals surface area (Å²) in [5, 5.41) is 15.9. The molecule has 2 unspecified atom stereocenters. The molecule has 16 heavy (non-hydrogen) atoms. The van der Waals surface area contributed by atoms with Crippen molar-refractivity contribution in [3.63, 3.8) is 0 Å². The molecule has 1 N–H and O–H groups in total. The van der Waals surface area contributed by atoms with E-state index in [1.165, 1.54) is 0 Å². The van der Waals surface area contributed by atoms with E-state index in [4.69, 9.17) is 11.6 Å². The highest BCUT2D eigenvalue weighted by atomic mass is 35.5. The standard InChI is InChI=1S/C11H17ClN2OS/c1-7-4-11(15,6-16-7)5-9-10(12)8(2)13-14(9)3/h7,15H,4-6H2,1-3H3. The lowest BCUT2D eigenvalue weighted by molar-refractivity contribution is 0.0623. The first-order valence-electron chi connectivity index (χ1n) is 5.43. The second-order valence-electron chi connectivity index (χ2n) is 4.70. The van der Waals surface area contributed by atoms with Crippen molar-refractivity contribution in [2.75, 3.05) is 5.75 Å². The molecule has 1 aliphatic rings. The maximum Gasteiger partial charge on any atom is 0.0848 e. The highest BCUT2D eigenvalue weighted by Gasteiger charge is 2.37. The quantitative estimate of drug-likeness (QED) is 0.886. The minimum absolute atomic E-state index is 0.526. The normalized spacial score (nSPS) is 29.9. The van der Waals surface area contributed by atoms with E-state index >= 15 is 0 Å². The largest absolute Gasteiger partial charge is 0.389 e. The minimum Gasteiger partial charge on any atom is -0.389 e. The van der Waals surface area contributed by atoms with Crippen LogP contribution in [0.1, 0.15) is 24.7 Å². The average molecular weight is 261 g/mol. The van der Waals surface area contributed by atoms with E-state index in [2.05, 4.69) is 12.0 Å². The van der Waals surface area contributed by atoms with E-state index in [0.29, 0.717) is 16.7 Å². The first-order chi connectivity index (χ1) is 7.41. The Hall–Kier alpha value is -0.190. The third-order valence-corrected chi connectivity index (χ3v) is 4.99. The summed E-state index contributed by atoms with van der Waals surface area (Å²) in [6.07, 6.45) is 1.43. The van der Waals surface area contributed by atoms with Gasteiger partial charge >= 0.3 is 0 Å². The van der Waals surface area contributed by atoms with E-state index in [1.807, 2.05) is 25.7 Å². The Morgan fingerprint density at radius 2 is 2.38 bits per heavy atom. The highest BCUT2D eigenvalue weighted by molar-refractivity contribution is 8.00. The molecule has 2 atom stereocenters. The number of halogens is 1. The number of hydrogen-bond acceptors (Lipinski definition) is 3. The monoisotopic (exact) mass is 260 g/mol. The van der Waals surface area contributed by atoms with Crippen LogP contribution in [0.5, 0.6) is 0 Å². The lowest BCUT2D eigenvalue weighted by atomic mass is 9.94. The number of nitrogens with zero attached hydrogens (tertiary/aromatic N) is 2. The Labute approximate surface area is 105 Å². The van der Waals surface area contributed by atoms with Crippen LogP contribution < -0.4 is 0 Å². The molecule has 1 aliphatic heterocycles. The van der Waals surface area contributed by atoms with Crippen LogP contribution >= 0.6 is 23.4 Å². The van der Waals surface area contributed by atoms with Gasteiger partial charge in [0.05, 0.1) is 22.0 Å². The fourth-order valence-electron chi connectivity index (χ4n) is 2.26. The van der Waals surface area contributed by atoms with Gasteiger partial charge in [-0.2, -0.15) is 16.9 Å². The summed E-state index contributed by atoms with van der Waals surface area (Å²) >= 11 is 8.01. The molecule has 1 saturated heterocycles. The molecular weight excluding hydrogens is 244 g/mol. The molecule has 0 spiro atoms. The molecule has 5 heteroatoms. The molecule has 1 aromatic heterocycles. The Bertz CT molecular complexity index is 407. The van der Waals surface area contributed by atoms with E-state index in [1.54, 1.807) is 4.68 Å². The van der Waals surface area contributed by atoms with Crippen molar-refractivity contribution in [3.05, 3.63) is 16.4 Å². The van der Waals surface area contributed by atoms with Crippen molar-refractivity contribution in [1.82, 2.24) is 9.78 Å². The van der Waals surface area contributed by atoms with Gasteiger partial charge in [-0.25, -0.2) is 0 Å². The van der Waals surface area contributed by atoms with Crippen molar-refractivity contribution in [1.29, 1.82) is 0 Å². The molecule has 0 aromatic carbocycles. The fraction of sp³-hybridized carbons (Fsp3) is 0.727. The van der Waals surface area contributed by atoms with Crippen molar-refractivity contribution in [2.45, 2.75) is 37.5 Å². The lowest BCUT2D eigenvalue weighted by Crippen LogP contribution is -2.32. The van der Waals surface area contributed by atoms with Crippen LogP contribution in [0.2, 0.25) is 5.02 Å². The van der Waals surface area contributed by atoms with Gasteiger partial charge in [0.25, 0.3) is 0 Å². The van der Waals surface area contributed by atoms with Gasteiger partial charge in [0.1, 0.15) is 0 Å². The van der Waals surface area contributed by atoms with Crippen LogP contribution in [-0.4, -0.2) is 31.5 Å². The van der Waals surface area contributed by atoms with Crippen LogP contribution in [0.25, 0.3) is 0 Å². The van der Waals surface area contributed by atoms with Gasteiger partial charge in [0.2, 0.25) is 0 Å². The summed E-state index contributed by atoms with van der Waals surface area (Å²) in [6.45, 7) is 4.04. The predicted octanol–water partition coefficient (Wildman–Crippen LogP) is 2.18. The average Bonchev–Trinajstić information content (AvgIpc) is 2.63. The summed E-state index contributed by atoms with van der Waals surface area (Å²) < 4.78 is 1.78. The Balaban J connectivity index is 2.21. The fourth-order valence-corrected chi connectivity index (χ4v) is 3.73. The van der Waals surface area contributed by atoms with Crippen LogP contribution in [0.4, 0.5) is 0 Å². The number of hydrogen-bond donors (Lipinski definition) is 1. The zero-order valence-corrected chi connectivity index (χ0v) is 11.4. The molecular formula is C11H17ClN2OS. The van der Waals surface area contributed by atoms with Gasteiger partial charge in [-0.3, -0.25) is 4.68 Å². The smallest absolute Gasteiger partial charge is 0.0848 e. The highest BCUT2D eigenvalue weighted by Crippen LogP contribution is 2.37. The summed E-state index contributed by atoms with van der Waals surface area (Å²) in [5.74, 6) is 0.786. The van der Waals surface area contributed by atoms with Crippen molar-refractivity contribution < 1.29 is 5.11 Å². The number of rotatable bonds is 2. The Morgan fingerprint density at radius 1 is 1.69 bits per heavy atom. The Kier molecular flexibility index (Phi) is 3.25. The number of aromatic nitrogens is 2. The van der Waals surface area contributed by atoms with Gasteiger partial charge in [0.15, 0.2) is 0 Å². The molecule has 3 nitrogen and oxygen atoms in total. The van der Waals surface area contributed by atoms with Crippen LogP contribution in [0.15, 0.2) is 0 Å². The van der Waals surface area contributed by atoms with E-state index in [0.717, 1.165) is 23.6 Å². The van der Waals surface area contributed by atoms with E-state index in [-0.39, 0.29) is 0 Å². The molecule has 0 radical (unpaired) electrons. The van der Waals surface area contributed by atoms with Gasteiger partial charge in [-0.15, -0.1) is 0 Å². The van der Waals surface area contributed by atoms with Crippen molar-refractivity contribution in [3.8, 4) is 0 Å². The predicted molar refractivity (Wildman–Crippen MR) is 68.1 cm³/mol. The molecule has 2 heterocycles. The molecule has 1 aromatic rings. The van der Waals surface area contributed by atoms with E-state index < -0.39 is 5.60 Å². The van der Waals surface area contributed by atoms with Gasteiger partial charge in [-0.1, -0.05) is 18.5 Å². The topological polar surface area (TPSA) is 38.0 Å². The summed E-state index contributed by atoms with van der Waals surface area (Å²) in [6, 6.07) is 0. The lowest BCUT2D eigenvalue weighted by Gasteiger charge is -2.21. The maximum absolute atomic E-state index is 10.5. The number of thioether (sulfide) groups is 1. The summed E-state index contributed by atoms with van der Waals surface area (Å²) in [4.78, 5) is 0. The SMILES string of the molecule is Cc1nn(C)c(CC2(O)CSC(C)C2)c1Cl. The number of aryl methyl sites for hydroxylation is 2. The molecule has 90 valence electrons. The first kappa shape index (κ1) is 12.3. The second kappa shape index (κ2) is 4.24. The maximum atomic E-state index is 10.5. The third kappa shape index (κ3) is 2.24. The molecule has 0 amide bonds. The van der Waals surface area contributed by atoms with Gasteiger partial charge in [-0.05, 0) is 13.3 Å². The molecule has 0 aliphatic carbocycles. The minimum atomic E-state index is -0.617. The molecule has 2 rings (SSSR count). The number of aliphatic hydroxyl groups is 1. The second-order valence-corrected chi connectivity index (χ2v) is 6.50. The van der Waals surface area contributed by atoms with Gasteiger partial charge in [0, 0.05) is 24.5 Å². The van der Waals surface area contributed by atoms with Crippen molar-refractivity contribution in [2.24, 2.45) is 7.05 Å². The summed E-state index contributed by atoms with van der Waals surface area (Å²) in [5.41, 5.74) is 1.16. The molecule has 1 fully saturated rings. The van der Waals surface area contributed by atoms with Crippen LogP contribution in [0.3, 0.4) is 0 Å². The zero-order valence-electron chi connectivity index (χ0n) is 9.83. The van der Waals surface area contributed by atoms with Gasteiger partial charge < -0.3 is 5.11 Å².